The quantitative estimate of drug-likeness (QED) is 0.404. The fourth-order valence-electron chi connectivity index (χ4n) is 3.89. The second-order valence-corrected chi connectivity index (χ2v) is 8.93. The number of aryl methyl sites for hydroxylation is 1. The molecule has 0 bridgehead atoms. The average Bonchev–Trinajstić information content (AvgIpc) is 3.27. The summed E-state index contributed by atoms with van der Waals surface area (Å²) in [6, 6.07) is 10.9. The molecule has 3 aromatic rings. The number of nitrogens with one attached hydrogen (secondary N) is 2. The third kappa shape index (κ3) is 4.77. The Morgan fingerprint density at radius 2 is 2.09 bits per heavy atom. The molecule has 0 radical (unpaired) electrons. The molecular weight excluding hydrogens is 500 g/mol. The molecule has 4 rings (SSSR count). The van der Waals surface area contributed by atoms with E-state index in [-0.39, 0.29) is 5.91 Å². The Bertz CT molecular complexity index is 1240. The molecule has 2 aromatic carbocycles. The maximum Gasteiger partial charge on any atom is 0.255 e. The maximum absolute atomic E-state index is 13.5. The fourth-order valence-corrected chi connectivity index (χ4v) is 4.47. The van der Waals surface area contributed by atoms with E-state index in [1.54, 1.807) is 11.8 Å². The van der Waals surface area contributed by atoms with Gasteiger partial charge in [-0.3, -0.25) is 4.79 Å². The number of benzene rings is 2. The number of hydrogen-bond acceptors (Lipinski definition) is 7. The number of tetrazole rings is 1. The molecule has 0 spiro atoms. The van der Waals surface area contributed by atoms with Crippen LogP contribution in [0.5, 0.6) is 11.5 Å². The summed E-state index contributed by atoms with van der Waals surface area (Å²) >= 11 is 3.62. The number of ether oxygens (including phenoxy) is 2. The number of unbranched alkanes of at least 4 members (excludes halogenated alkanes) is 1. The summed E-state index contributed by atoms with van der Waals surface area (Å²) in [5.41, 5.74) is 3.70. The number of halogens is 1. The van der Waals surface area contributed by atoms with Crippen LogP contribution in [0.3, 0.4) is 0 Å². The highest BCUT2D eigenvalue weighted by molar-refractivity contribution is 9.10. The first-order valence-corrected chi connectivity index (χ1v) is 11.9. The summed E-state index contributed by atoms with van der Waals surface area (Å²) in [6.45, 7) is 6.51. The lowest BCUT2D eigenvalue weighted by Crippen LogP contribution is -2.31. The summed E-state index contributed by atoms with van der Waals surface area (Å²) in [4.78, 5) is 13.5. The molecule has 2 N–H and O–H groups in total. The molecule has 1 amide bonds. The van der Waals surface area contributed by atoms with Crippen LogP contribution in [0.2, 0.25) is 0 Å². The highest BCUT2D eigenvalue weighted by Gasteiger charge is 2.35. The van der Waals surface area contributed by atoms with E-state index in [9.17, 15) is 4.79 Å². The van der Waals surface area contributed by atoms with Crippen LogP contribution in [0.15, 0.2) is 52.1 Å². The van der Waals surface area contributed by atoms with E-state index in [0.29, 0.717) is 41.0 Å². The highest BCUT2D eigenvalue weighted by Crippen LogP contribution is 2.42. The molecule has 0 fully saturated rings. The van der Waals surface area contributed by atoms with Crippen LogP contribution in [-0.4, -0.2) is 39.8 Å². The van der Waals surface area contributed by atoms with Gasteiger partial charge in [0, 0.05) is 11.4 Å². The van der Waals surface area contributed by atoms with E-state index in [0.717, 1.165) is 28.4 Å². The van der Waals surface area contributed by atoms with Gasteiger partial charge in [-0.25, -0.2) is 0 Å². The Morgan fingerprint density at radius 1 is 1.26 bits per heavy atom. The molecule has 1 unspecified atom stereocenters. The van der Waals surface area contributed by atoms with E-state index >= 15 is 0 Å². The van der Waals surface area contributed by atoms with Crippen molar-refractivity contribution in [2.45, 2.75) is 39.7 Å². The molecule has 2 heterocycles. The predicted molar refractivity (Wildman–Crippen MR) is 133 cm³/mol. The molecule has 0 saturated heterocycles. The zero-order valence-electron chi connectivity index (χ0n) is 19.6. The SMILES string of the molecule is CCCCOc1c(Br)cc(C2C(C(=O)Nc3cccc(C)c3)=C(C)Nc3nnnn32)cc1OC. The van der Waals surface area contributed by atoms with E-state index in [4.69, 9.17) is 9.47 Å². The number of aromatic nitrogens is 4. The summed E-state index contributed by atoms with van der Waals surface area (Å²) in [5, 5.41) is 18.2. The minimum absolute atomic E-state index is 0.250. The van der Waals surface area contributed by atoms with Gasteiger partial charge in [-0.1, -0.05) is 30.6 Å². The Labute approximate surface area is 206 Å². The molecule has 1 atom stereocenters. The van der Waals surface area contributed by atoms with Crippen LogP contribution in [0.1, 0.15) is 43.9 Å². The molecule has 10 heteroatoms. The normalized spacial score (nSPS) is 14.9. The van der Waals surface area contributed by atoms with Crippen LogP contribution in [0.25, 0.3) is 0 Å². The molecule has 1 aromatic heterocycles. The summed E-state index contributed by atoms with van der Waals surface area (Å²) in [5.74, 6) is 1.38. The Hall–Kier alpha value is -3.40. The van der Waals surface area contributed by atoms with Gasteiger partial charge < -0.3 is 20.1 Å². The first-order valence-electron chi connectivity index (χ1n) is 11.1. The van der Waals surface area contributed by atoms with Gasteiger partial charge in [-0.15, -0.1) is 0 Å². The number of methoxy groups -OCH3 is 1. The number of nitrogens with zero attached hydrogens (tertiary/aromatic N) is 4. The van der Waals surface area contributed by atoms with E-state index < -0.39 is 6.04 Å². The van der Waals surface area contributed by atoms with Crippen molar-refractivity contribution in [2.24, 2.45) is 0 Å². The number of allylic oxidation sites excluding steroid dienone is 1. The summed E-state index contributed by atoms with van der Waals surface area (Å²) < 4.78 is 13.9. The predicted octanol–water partition coefficient (Wildman–Crippen LogP) is 4.86. The van der Waals surface area contributed by atoms with Crippen molar-refractivity contribution in [3.8, 4) is 11.5 Å². The molecule has 9 nitrogen and oxygen atoms in total. The Morgan fingerprint density at radius 3 is 2.82 bits per heavy atom. The third-order valence-electron chi connectivity index (χ3n) is 5.55. The number of amides is 1. The highest BCUT2D eigenvalue weighted by atomic mass is 79.9. The first-order chi connectivity index (χ1) is 16.4. The minimum atomic E-state index is -0.578. The number of carbonyl (C=O) groups excluding carboxylic acids is 1. The van der Waals surface area contributed by atoms with Gasteiger partial charge in [0.15, 0.2) is 11.5 Å². The fraction of sp³-hybridized carbons (Fsp3) is 0.333. The van der Waals surface area contributed by atoms with Gasteiger partial charge >= 0.3 is 0 Å². The molecule has 34 heavy (non-hydrogen) atoms. The van der Waals surface area contributed by atoms with E-state index in [2.05, 4.69) is 49.0 Å². The standard InChI is InChI=1S/C24H27BrN6O3/c1-5-6-10-34-22-18(25)12-16(13-19(22)33-4)21-20(15(3)26-24-28-29-30-31(21)24)23(32)27-17-9-7-8-14(2)11-17/h7-9,11-13,21H,5-6,10H2,1-4H3,(H,27,32)(H,26,28,30). The number of hydrogen-bond donors (Lipinski definition) is 2. The molecule has 1 aliphatic rings. The molecule has 1 aliphatic heterocycles. The second kappa shape index (κ2) is 10.3. The van der Waals surface area contributed by atoms with E-state index in [1.165, 1.54) is 0 Å². The first kappa shape index (κ1) is 23.7. The van der Waals surface area contributed by atoms with Crippen molar-refractivity contribution in [1.82, 2.24) is 20.2 Å². The summed E-state index contributed by atoms with van der Waals surface area (Å²) in [6.07, 6.45) is 1.96. The Kier molecular flexibility index (Phi) is 7.16. The zero-order valence-corrected chi connectivity index (χ0v) is 21.1. The number of fused-ring (bicyclic) bond motifs is 1. The lowest BCUT2D eigenvalue weighted by molar-refractivity contribution is -0.113. The molecular formula is C24H27BrN6O3. The van der Waals surface area contributed by atoms with Crippen LogP contribution in [0, 0.1) is 6.92 Å². The minimum Gasteiger partial charge on any atom is -0.493 e. The van der Waals surface area contributed by atoms with Gasteiger partial charge in [-0.2, -0.15) is 4.68 Å². The second-order valence-electron chi connectivity index (χ2n) is 8.07. The largest absolute Gasteiger partial charge is 0.493 e. The van der Waals surface area contributed by atoms with Crippen molar-refractivity contribution in [1.29, 1.82) is 0 Å². The molecule has 0 aliphatic carbocycles. The van der Waals surface area contributed by atoms with Gasteiger partial charge in [0.2, 0.25) is 5.95 Å². The number of carbonyl (C=O) groups is 1. The average molecular weight is 527 g/mol. The molecule has 0 saturated carbocycles. The van der Waals surface area contributed by atoms with Gasteiger partial charge in [0.25, 0.3) is 5.91 Å². The number of anilines is 2. The maximum atomic E-state index is 13.5. The van der Waals surface area contributed by atoms with Crippen molar-refractivity contribution in [3.05, 3.63) is 63.3 Å². The zero-order chi connectivity index (χ0) is 24.2. The number of rotatable bonds is 8. The lowest BCUT2D eigenvalue weighted by Gasteiger charge is -2.28. The summed E-state index contributed by atoms with van der Waals surface area (Å²) in [7, 11) is 1.59. The molecule has 178 valence electrons. The van der Waals surface area contributed by atoms with Crippen molar-refractivity contribution < 1.29 is 14.3 Å². The van der Waals surface area contributed by atoms with Crippen molar-refractivity contribution >= 4 is 33.5 Å². The van der Waals surface area contributed by atoms with Crippen molar-refractivity contribution in [3.63, 3.8) is 0 Å². The smallest absolute Gasteiger partial charge is 0.255 e. The Balaban J connectivity index is 1.76. The van der Waals surface area contributed by atoms with Crippen LogP contribution >= 0.6 is 15.9 Å². The van der Waals surface area contributed by atoms with Gasteiger partial charge in [-0.05, 0) is 82.0 Å². The monoisotopic (exact) mass is 526 g/mol. The van der Waals surface area contributed by atoms with Gasteiger partial charge in [0.05, 0.1) is 23.8 Å². The van der Waals surface area contributed by atoms with E-state index in [1.807, 2.05) is 50.2 Å². The van der Waals surface area contributed by atoms with Crippen LogP contribution in [-0.2, 0) is 4.79 Å². The topological polar surface area (TPSA) is 103 Å². The van der Waals surface area contributed by atoms with Crippen molar-refractivity contribution in [2.75, 3.05) is 24.4 Å². The lowest BCUT2D eigenvalue weighted by atomic mass is 9.94. The van der Waals surface area contributed by atoms with Gasteiger partial charge in [0.1, 0.15) is 6.04 Å². The third-order valence-corrected chi connectivity index (χ3v) is 6.14. The van der Waals surface area contributed by atoms with Crippen LogP contribution in [0.4, 0.5) is 11.6 Å². The van der Waals surface area contributed by atoms with Crippen LogP contribution < -0.4 is 20.1 Å².